The average Bonchev–Trinajstić information content (AvgIpc) is 2.79. The van der Waals surface area contributed by atoms with Crippen LogP contribution in [0.4, 0.5) is 0 Å². The predicted molar refractivity (Wildman–Crippen MR) is 124 cm³/mol. The molecule has 0 aromatic heterocycles. The maximum atomic E-state index is 12.2. The lowest BCUT2D eigenvalue weighted by Crippen LogP contribution is -1.99. The largest absolute Gasteiger partial charge is 0.507 e. The summed E-state index contributed by atoms with van der Waals surface area (Å²) in [5.41, 5.74) is 1.67. The molecule has 0 aliphatic heterocycles. The second-order valence-corrected chi connectivity index (χ2v) is 7.82. The molecule has 2 rings (SSSR count). The average molecular weight is 429 g/mol. The van der Waals surface area contributed by atoms with Crippen molar-refractivity contribution in [3.05, 3.63) is 47.5 Å². The first kappa shape index (κ1) is 24.6. The number of unbranched alkanes of at least 4 members (excludes halogenated alkanes) is 7. The van der Waals surface area contributed by atoms with Crippen LogP contribution in [0.15, 0.2) is 36.4 Å². The van der Waals surface area contributed by atoms with E-state index in [1.165, 1.54) is 50.8 Å². The molecule has 0 aliphatic rings. The Morgan fingerprint density at radius 2 is 1.39 bits per heavy atom. The first-order valence-corrected chi connectivity index (χ1v) is 11.2. The molecule has 31 heavy (non-hydrogen) atoms. The molecule has 5 heteroatoms. The van der Waals surface area contributed by atoms with E-state index in [-0.39, 0.29) is 11.5 Å². The number of phenols is 1. The molecular formula is C26H36O5. The summed E-state index contributed by atoms with van der Waals surface area (Å²) in [6, 6.07) is 11.0. The molecule has 0 aliphatic carbocycles. The monoisotopic (exact) mass is 428 g/mol. The SMILES string of the molecule is COc1ccc(C(=O)CCCCCCCCCCc2ccc(OC)c(OC)c2)c(O)c1. The van der Waals surface area contributed by atoms with E-state index in [0.29, 0.717) is 17.7 Å². The molecule has 2 aromatic carbocycles. The number of benzene rings is 2. The van der Waals surface area contributed by atoms with Gasteiger partial charge >= 0.3 is 0 Å². The molecule has 1 N–H and O–H groups in total. The van der Waals surface area contributed by atoms with E-state index < -0.39 is 0 Å². The molecule has 170 valence electrons. The topological polar surface area (TPSA) is 65.0 Å². The molecule has 0 unspecified atom stereocenters. The molecule has 0 fully saturated rings. The van der Waals surface area contributed by atoms with Crippen LogP contribution >= 0.6 is 0 Å². The van der Waals surface area contributed by atoms with Gasteiger partial charge in [-0.25, -0.2) is 0 Å². The van der Waals surface area contributed by atoms with Crippen molar-refractivity contribution in [2.24, 2.45) is 0 Å². The highest BCUT2D eigenvalue weighted by atomic mass is 16.5. The maximum Gasteiger partial charge on any atom is 0.166 e. The first-order chi connectivity index (χ1) is 15.1. The van der Waals surface area contributed by atoms with E-state index in [4.69, 9.17) is 14.2 Å². The summed E-state index contributed by atoms with van der Waals surface area (Å²) in [5, 5.41) is 9.95. The van der Waals surface area contributed by atoms with Gasteiger partial charge in [0, 0.05) is 12.5 Å². The van der Waals surface area contributed by atoms with Gasteiger partial charge in [0.05, 0.1) is 26.9 Å². The van der Waals surface area contributed by atoms with Gasteiger partial charge in [0.2, 0.25) is 0 Å². The number of carbonyl (C=O) groups excluding carboxylic acids is 1. The fourth-order valence-electron chi connectivity index (χ4n) is 3.72. The number of Topliss-reactive ketones (excluding diaryl/α,β-unsaturated/α-hetero) is 1. The second kappa shape index (κ2) is 13.6. The number of ether oxygens (including phenoxy) is 3. The lowest BCUT2D eigenvalue weighted by atomic mass is 10.0. The highest BCUT2D eigenvalue weighted by Crippen LogP contribution is 2.28. The Bertz CT molecular complexity index is 815. The van der Waals surface area contributed by atoms with Crippen molar-refractivity contribution in [2.75, 3.05) is 21.3 Å². The lowest BCUT2D eigenvalue weighted by Gasteiger charge is -2.09. The van der Waals surface area contributed by atoms with Crippen LogP contribution in [0, 0.1) is 0 Å². The fourth-order valence-corrected chi connectivity index (χ4v) is 3.72. The minimum absolute atomic E-state index is 0.00238. The van der Waals surface area contributed by atoms with Crippen molar-refractivity contribution in [3.63, 3.8) is 0 Å². The maximum absolute atomic E-state index is 12.2. The van der Waals surface area contributed by atoms with E-state index in [2.05, 4.69) is 12.1 Å². The third kappa shape index (κ3) is 8.16. The van der Waals surface area contributed by atoms with Crippen LogP contribution in [0.1, 0.15) is 73.7 Å². The number of methoxy groups -OCH3 is 3. The number of ketones is 1. The molecule has 0 bridgehead atoms. The van der Waals surface area contributed by atoms with E-state index in [1.54, 1.807) is 26.4 Å². The molecule has 0 saturated heterocycles. The Kier molecular flexibility index (Phi) is 10.8. The molecular weight excluding hydrogens is 392 g/mol. The Hall–Kier alpha value is -2.69. The van der Waals surface area contributed by atoms with Crippen LogP contribution in [-0.2, 0) is 6.42 Å². The van der Waals surface area contributed by atoms with Crippen molar-refractivity contribution >= 4 is 5.78 Å². The highest BCUT2D eigenvalue weighted by molar-refractivity contribution is 5.98. The van der Waals surface area contributed by atoms with Crippen molar-refractivity contribution in [1.29, 1.82) is 0 Å². The Morgan fingerprint density at radius 3 is 2.00 bits per heavy atom. The minimum atomic E-state index is -0.00434. The quantitative estimate of drug-likeness (QED) is 0.264. The van der Waals surface area contributed by atoms with Gasteiger partial charge in [-0.1, -0.05) is 44.6 Å². The van der Waals surface area contributed by atoms with E-state index in [0.717, 1.165) is 37.2 Å². The number of phenolic OH excluding ortho intramolecular Hbond substituents is 1. The van der Waals surface area contributed by atoms with Gasteiger partial charge in [-0.2, -0.15) is 0 Å². The van der Waals surface area contributed by atoms with Crippen molar-refractivity contribution in [2.45, 2.75) is 64.2 Å². The van der Waals surface area contributed by atoms with Gasteiger partial charge in [0.25, 0.3) is 0 Å². The molecule has 5 nitrogen and oxygen atoms in total. The summed E-state index contributed by atoms with van der Waals surface area (Å²) in [7, 11) is 4.86. The van der Waals surface area contributed by atoms with Crippen LogP contribution in [0.3, 0.4) is 0 Å². The third-order valence-corrected chi connectivity index (χ3v) is 5.57. The van der Waals surface area contributed by atoms with Gasteiger partial charge in [0.1, 0.15) is 11.5 Å². The molecule has 2 aromatic rings. The van der Waals surface area contributed by atoms with Gasteiger partial charge in [-0.05, 0) is 49.1 Å². The number of aromatic hydroxyl groups is 1. The summed E-state index contributed by atoms with van der Waals surface area (Å²) in [6.45, 7) is 0. The Labute approximate surface area is 186 Å². The highest BCUT2D eigenvalue weighted by Gasteiger charge is 2.11. The van der Waals surface area contributed by atoms with Gasteiger partial charge in [0.15, 0.2) is 17.3 Å². The standard InChI is InChI=1S/C26H36O5/c1-29-21-15-16-22(24(28)19-21)23(27)13-11-9-7-5-4-6-8-10-12-20-14-17-25(30-2)26(18-20)31-3/h14-19,28H,4-13H2,1-3H3. The van der Waals surface area contributed by atoms with Gasteiger partial charge in [-0.15, -0.1) is 0 Å². The summed E-state index contributed by atoms with van der Waals surface area (Å²) in [5.74, 6) is 2.11. The van der Waals surface area contributed by atoms with E-state index in [9.17, 15) is 9.90 Å². The van der Waals surface area contributed by atoms with E-state index in [1.807, 2.05) is 6.07 Å². The minimum Gasteiger partial charge on any atom is -0.507 e. The molecule has 0 saturated carbocycles. The summed E-state index contributed by atoms with van der Waals surface area (Å²) in [6.07, 6.45) is 10.7. The third-order valence-electron chi connectivity index (χ3n) is 5.57. The van der Waals surface area contributed by atoms with Crippen LogP contribution in [0.2, 0.25) is 0 Å². The summed E-state index contributed by atoms with van der Waals surface area (Å²) < 4.78 is 15.7. The van der Waals surface area contributed by atoms with Crippen LogP contribution < -0.4 is 14.2 Å². The van der Waals surface area contributed by atoms with Gasteiger partial charge < -0.3 is 19.3 Å². The van der Waals surface area contributed by atoms with Crippen molar-refractivity contribution in [3.8, 4) is 23.0 Å². The van der Waals surface area contributed by atoms with Crippen LogP contribution in [-0.4, -0.2) is 32.2 Å². The Morgan fingerprint density at radius 1 is 0.742 bits per heavy atom. The number of aryl methyl sites for hydroxylation is 1. The zero-order valence-corrected chi connectivity index (χ0v) is 19.1. The normalized spacial score (nSPS) is 10.7. The van der Waals surface area contributed by atoms with Crippen LogP contribution in [0.25, 0.3) is 0 Å². The lowest BCUT2D eigenvalue weighted by molar-refractivity contribution is 0.0976. The molecule has 0 amide bonds. The zero-order chi connectivity index (χ0) is 22.5. The Balaban J connectivity index is 1.52. The molecule has 0 radical (unpaired) electrons. The number of carbonyl (C=O) groups is 1. The summed E-state index contributed by atoms with van der Waals surface area (Å²) >= 11 is 0. The predicted octanol–water partition coefficient (Wildman–Crippen LogP) is 6.35. The fraction of sp³-hybridized carbons (Fsp3) is 0.500. The number of hydrogen-bond donors (Lipinski definition) is 1. The van der Waals surface area contributed by atoms with E-state index >= 15 is 0 Å². The number of rotatable bonds is 15. The zero-order valence-electron chi connectivity index (χ0n) is 19.1. The second-order valence-electron chi connectivity index (χ2n) is 7.82. The van der Waals surface area contributed by atoms with Crippen LogP contribution in [0.5, 0.6) is 23.0 Å². The number of hydrogen-bond acceptors (Lipinski definition) is 5. The van der Waals surface area contributed by atoms with Crippen molar-refractivity contribution in [1.82, 2.24) is 0 Å². The summed E-state index contributed by atoms with van der Waals surface area (Å²) in [4.78, 5) is 12.2. The van der Waals surface area contributed by atoms with Crippen molar-refractivity contribution < 1.29 is 24.1 Å². The smallest absolute Gasteiger partial charge is 0.166 e. The first-order valence-electron chi connectivity index (χ1n) is 11.2. The molecule has 0 atom stereocenters. The molecule has 0 heterocycles. The van der Waals surface area contributed by atoms with Gasteiger partial charge in [-0.3, -0.25) is 4.79 Å². The molecule has 0 spiro atoms.